The maximum atomic E-state index is 10.7. The van der Waals surface area contributed by atoms with Crippen LogP contribution in [0.25, 0.3) is 6.08 Å². The molecule has 1 fully saturated rings. The molecule has 4 heteroatoms. The zero-order chi connectivity index (χ0) is 15.5. The molecular formula is C17H22ClNO2. The van der Waals surface area contributed by atoms with E-state index in [9.17, 15) is 4.79 Å². The van der Waals surface area contributed by atoms with E-state index in [2.05, 4.69) is 18.7 Å². The molecule has 0 unspecified atom stereocenters. The first kappa shape index (κ1) is 15.9. The number of anilines is 1. The van der Waals surface area contributed by atoms with Crippen LogP contribution in [0.1, 0.15) is 38.7 Å². The van der Waals surface area contributed by atoms with Gasteiger partial charge in [-0.05, 0) is 48.4 Å². The van der Waals surface area contributed by atoms with Gasteiger partial charge in [0, 0.05) is 29.9 Å². The average Bonchev–Trinajstić information content (AvgIpc) is 2.91. The first-order valence-electron chi connectivity index (χ1n) is 7.45. The smallest absolute Gasteiger partial charge is 0.328 e. The third-order valence-electron chi connectivity index (χ3n) is 4.68. The lowest BCUT2D eigenvalue weighted by Gasteiger charge is -2.28. The predicted molar refractivity (Wildman–Crippen MR) is 88.0 cm³/mol. The molecule has 0 saturated carbocycles. The van der Waals surface area contributed by atoms with Crippen LogP contribution in [0.2, 0.25) is 5.02 Å². The van der Waals surface area contributed by atoms with Crippen LogP contribution in [-0.2, 0) is 4.79 Å². The highest BCUT2D eigenvalue weighted by Gasteiger charge is 2.35. The van der Waals surface area contributed by atoms with E-state index >= 15 is 0 Å². The maximum Gasteiger partial charge on any atom is 0.328 e. The van der Waals surface area contributed by atoms with Crippen molar-refractivity contribution in [2.75, 3.05) is 18.0 Å². The first-order chi connectivity index (χ1) is 9.99. The lowest BCUT2D eigenvalue weighted by atomic mass is 9.82. The van der Waals surface area contributed by atoms with Crippen LogP contribution in [-0.4, -0.2) is 24.2 Å². The molecule has 1 aliphatic heterocycles. The van der Waals surface area contributed by atoms with Gasteiger partial charge in [0.25, 0.3) is 0 Å². The van der Waals surface area contributed by atoms with Crippen molar-refractivity contribution in [3.05, 3.63) is 34.9 Å². The topological polar surface area (TPSA) is 40.5 Å². The Balaban J connectivity index is 2.31. The fourth-order valence-electron chi connectivity index (χ4n) is 3.06. The summed E-state index contributed by atoms with van der Waals surface area (Å²) < 4.78 is 0. The summed E-state index contributed by atoms with van der Waals surface area (Å²) in [5.74, 6) is -0.936. The summed E-state index contributed by atoms with van der Waals surface area (Å²) in [5.41, 5.74) is 2.31. The number of carboxylic acids is 1. The highest BCUT2D eigenvalue weighted by atomic mass is 35.5. The Kier molecular flexibility index (Phi) is 4.94. The van der Waals surface area contributed by atoms with Crippen LogP contribution in [0.5, 0.6) is 0 Å². The van der Waals surface area contributed by atoms with Crippen LogP contribution in [0, 0.1) is 5.41 Å². The lowest BCUT2D eigenvalue weighted by Crippen LogP contribution is -2.26. The van der Waals surface area contributed by atoms with Crippen LogP contribution in [0.3, 0.4) is 0 Å². The molecule has 0 aliphatic carbocycles. The number of carboxylic acid groups (broad SMARTS) is 1. The van der Waals surface area contributed by atoms with E-state index in [4.69, 9.17) is 16.7 Å². The number of carbonyl (C=O) groups is 1. The van der Waals surface area contributed by atoms with Crippen molar-refractivity contribution in [1.29, 1.82) is 0 Å². The second-order valence-corrected chi connectivity index (χ2v) is 6.19. The zero-order valence-electron chi connectivity index (χ0n) is 12.6. The minimum Gasteiger partial charge on any atom is -0.478 e. The number of hydrogen-bond donors (Lipinski definition) is 1. The molecule has 21 heavy (non-hydrogen) atoms. The molecule has 1 N–H and O–H groups in total. The third kappa shape index (κ3) is 3.59. The monoisotopic (exact) mass is 307 g/mol. The molecule has 1 aliphatic rings. The highest BCUT2D eigenvalue weighted by Crippen LogP contribution is 2.40. The van der Waals surface area contributed by atoms with E-state index < -0.39 is 5.97 Å². The summed E-state index contributed by atoms with van der Waals surface area (Å²) in [5, 5.41) is 9.50. The zero-order valence-corrected chi connectivity index (χ0v) is 13.4. The van der Waals surface area contributed by atoms with E-state index in [0.29, 0.717) is 10.4 Å². The van der Waals surface area contributed by atoms with Gasteiger partial charge in [-0.2, -0.15) is 0 Å². The molecule has 114 valence electrons. The highest BCUT2D eigenvalue weighted by molar-refractivity contribution is 6.31. The van der Waals surface area contributed by atoms with E-state index in [1.54, 1.807) is 12.1 Å². The molecule has 1 aromatic carbocycles. The van der Waals surface area contributed by atoms with Gasteiger partial charge in [-0.15, -0.1) is 0 Å². The quantitative estimate of drug-likeness (QED) is 0.817. The molecule has 0 amide bonds. The molecule has 3 nitrogen and oxygen atoms in total. The SMILES string of the molecule is CCC1(CC)CCN(c2cc(Cl)ccc2/C=C/C(=O)O)C1. The normalized spacial score (nSPS) is 17.6. The number of halogens is 1. The summed E-state index contributed by atoms with van der Waals surface area (Å²) >= 11 is 6.13. The van der Waals surface area contributed by atoms with Crippen LogP contribution in [0.4, 0.5) is 5.69 Å². The Morgan fingerprint density at radius 1 is 1.43 bits per heavy atom. The molecule has 0 aromatic heterocycles. The van der Waals surface area contributed by atoms with Gasteiger partial charge >= 0.3 is 5.97 Å². The van der Waals surface area contributed by atoms with Gasteiger partial charge in [0.2, 0.25) is 0 Å². The Bertz CT molecular complexity index is 550. The minimum absolute atomic E-state index is 0.371. The van der Waals surface area contributed by atoms with Crippen molar-refractivity contribution >= 4 is 29.3 Å². The predicted octanol–water partition coefficient (Wildman–Crippen LogP) is 4.45. The van der Waals surface area contributed by atoms with E-state index in [1.807, 2.05) is 12.1 Å². The molecule has 0 atom stereocenters. The van der Waals surface area contributed by atoms with Crippen molar-refractivity contribution in [2.24, 2.45) is 5.41 Å². The second-order valence-electron chi connectivity index (χ2n) is 5.75. The maximum absolute atomic E-state index is 10.7. The average molecular weight is 308 g/mol. The fourth-order valence-corrected chi connectivity index (χ4v) is 3.23. The molecule has 1 heterocycles. The molecule has 0 radical (unpaired) electrons. The van der Waals surface area contributed by atoms with E-state index in [-0.39, 0.29) is 0 Å². The lowest BCUT2D eigenvalue weighted by molar-refractivity contribution is -0.131. The molecule has 0 bridgehead atoms. The molecule has 1 aromatic rings. The van der Waals surface area contributed by atoms with Gasteiger partial charge in [-0.1, -0.05) is 31.5 Å². The van der Waals surface area contributed by atoms with Gasteiger partial charge in [0.05, 0.1) is 0 Å². The Morgan fingerprint density at radius 2 is 2.14 bits per heavy atom. The third-order valence-corrected chi connectivity index (χ3v) is 4.91. The molecule has 0 spiro atoms. The first-order valence-corrected chi connectivity index (χ1v) is 7.83. The van der Waals surface area contributed by atoms with Gasteiger partial charge in [-0.3, -0.25) is 0 Å². The van der Waals surface area contributed by atoms with E-state index in [1.165, 1.54) is 25.3 Å². The van der Waals surface area contributed by atoms with Crippen molar-refractivity contribution in [1.82, 2.24) is 0 Å². The van der Waals surface area contributed by atoms with E-state index in [0.717, 1.165) is 24.3 Å². The number of hydrogen-bond acceptors (Lipinski definition) is 2. The van der Waals surface area contributed by atoms with Crippen molar-refractivity contribution in [3.63, 3.8) is 0 Å². The van der Waals surface area contributed by atoms with Gasteiger partial charge < -0.3 is 10.0 Å². The largest absolute Gasteiger partial charge is 0.478 e. The van der Waals surface area contributed by atoms with Gasteiger partial charge in [-0.25, -0.2) is 4.79 Å². The summed E-state index contributed by atoms with van der Waals surface area (Å²) in [6.45, 7) is 6.50. The Labute approximate surface area is 131 Å². The molecular weight excluding hydrogens is 286 g/mol. The van der Waals surface area contributed by atoms with Crippen molar-refractivity contribution < 1.29 is 9.90 Å². The van der Waals surface area contributed by atoms with Gasteiger partial charge in [0.15, 0.2) is 0 Å². The molecule has 2 rings (SSSR count). The standard InChI is InChI=1S/C17H22ClNO2/c1-3-17(4-2)9-10-19(12-17)15-11-14(18)7-5-13(15)6-8-16(20)21/h5-8,11H,3-4,9-10,12H2,1-2H3,(H,20,21)/b8-6+. The summed E-state index contributed by atoms with van der Waals surface area (Å²) in [6, 6.07) is 5.62. The summed E-state index contributed by atoms with van der Waals surface area (Å²) in [4.78, 5) is 13.1. The van der Waals surface area contributed by atoms with Gasteiger partial charge in [0.1, 0.15) is 0 Å². The minimum atomic E-state index is -0.936. The van der Waals surface area contributed by atoms with Crippen molar-refractivity contribution in [3.8, 4) is 0 Å². The Hall–Kier alpha value is -1.48. The fraction of sp³-hybridized carbons (Fsp3) is 0.471. The summed E-state index contributed by atoms with van der Waals surface area (Å²) in [7, 11) is 0. The number of rotatable bonds is 5. The van der Waals surface area contributed by atoms with Crippen LogP contribution < -0.4 is 4.90 Å². The molecule has 1 saturated heterocycles. The Morgan fingerprint density at radius 3 is 2.71 bits per heavy atom. The summed E-state index contributed by atoms with van der Waals surface area (Å²) in [6.07, 6.45) is 6.33. The second kappa shape index (κ2) is 6.52. The number of benzene rings is 1. The number of aliphatic carboxylic acids is 1. The van der Waals surface area contributed by atoms with Crippen LogP contribution in [0.15, 0.2) is 24.3 Å². The number of nitrogens with zero attached hydrogens (tertiary/aromatic N) is 1. The van der Waals surface area contributed by atoms with Crippen LogP contribution >= 0.6 is 11.6 Å². The van der Waals surface area contributed by atoms with Crippen molar-refractivity contribution in [2.45, 2.75) is 33.1 Å².